The van der Waals surface area contributed by atoms with Crippen LogP contribution >= 0.6 is 0 Å². The van der Waals surface area contributed by atoms with Crippen molar-refractivity contribution in [1.82, 2.24) is 9.78 Å². The van der Waals surface area contributed by atoms with E-state index in [1.54, 1.807) is 0 Å². The van der Waals surface area contributed by atoms with Crippen molar-refractivity contribution in [2.24, 2.45) is 11.7 Å². The van der Waals surface area contributed by atoms with E-state index in [2.05, 4.69) is 10.4 Å². The number of rotatable bonds is 4. The largest absolute Gasteiger partial charge is 0.365 e. The minimum absolute atomic E-state index is 0.0466. The Morgan fingerprint density at radius 2 is 2.04 bits per heavy atom. The number of primary amides is 1. The van der Waals surface area contributed by atoms with Gasteiger partial charge in [0.25, 0.3) is 5.91 Å². The predicted octanol–water partition coefficient (Wildman–Crippen LogP) is 0.974. The lowest BCUT2D eigenvalue weighted by atomic mass is 10.1. The second-order valence-corrected chi connectivity index (χ2v) is 7.90. The molecular formula is C15H14FN5O3S. The lowest BCUT2D eigenvalue weighted by Crippen LogP contribution is -2.17. The highest BCUT2D eigenvalue weighted by atomic mass is 32.2. The first-order valence-electron chi connectivity index (χ1n) is 7.30. The molecule has 1 aromatic heterocycles. The molecule has 2 heterocycles. The first kappa shape index (κ1) is 16.9. The quantitative estimate of drug-likeness (QED) is 0.832. The third kappa shape index (κ3) is 3.46. The Labute approximate surface area is 143 Å². The molecule has 1 saturated heterocycles. The summed E-state index contributed by atoms with van der Waals surface area (Å²) in [6, 6.07) is 6.65. The summed E-state index contributed by atoms with van der Waals surface area (Å²) in [5.41, 5.74) is 5.87. The van der Waals surface area contributed by atoms with Crippen LogP contribution < -0.4 is 11.1 Å². The second kappa shape index (κ2) is 6.18. The van der Waals surface area contributed by atoms with Gasteiger partial charge in [-0.2, -0.15) is 10.4 Å². The summed E-state index contributed by atoms with van der Waals surface area (Å²) in [6.07, 6.45) is 1.32. The zero-order valence-electron chi connectivity index (χ0n) is 12.9. The van der Waals surface area contributed by atoms with Crippen molar-refractivity contribution >= 4 is 27.2 Å². The fourth-order valence-electron chi connectivity index (χ4n) is 2.72. The number of halogens is 1. The maximum atomic E-state index is 13.0. The molecule has 10 heteroatoms. The lowest BCUT2D eigenvalue weighted by Gasteiger charge is -2.11. The molecule has 2 aromatic rings. The van der Waals surface area contributed by atoms with Gasteiger partial charge in [0.1, 0.15) is 11.4 Å². The molecule has 1 fully saturated rings. The molecular weight excluding hydrogens is 349 g/mol. The predicted molar refractivity (Wildman–Crippen MR) is 87.2 cm³/mol. The number of carbonyl (C=O) groups excluding carboxylic acids is 1. The van der Waals surface area contributed by atoms with Crippen LogP contribution in [0, 0.1) is 23.1 Å². The van der Waals surface area contributed by atoms with E-state index in [0.29, 0.717) is 5.69 Å². The van der Waals surface area contributed by atoms with Crippen molar-refractivity contribution < 1.29 is 17.6 Å². The Kier molecular flexibility index (Phi) is 4.18. The number of nitriles is 1. The zero-order chi connectivity index (χ0) is 18.2. The van der Waals surface area contributed by atoms with E-state index in [9.17, 15) is 22.9 Å². The van der Waals surface area contributed by atoms with Gasteiger partial charge in [-0.25, -0.2) is 12.8 Å². The summed E-state index contributed by atoms with van der Waals surface area (Å²) in [4.78, 5) is 11.7. The van der Waals surface area contributed by atoms with E-state index in [4.69, 9.17) is 5.73 Å². The number of amides is 1. The van der Waals surface area contributed by atoms with Crippen LogP contribution in [0.2, 0.25) is 0 Å². The molecule has 0 spiro atoms. The summed E-state index contributed by atoms with van der Waals surface area (Å²) in [7, 11) is -3.35. The molecule has 1 aliphatic heterocycles. The highest BCUT2D eigenvalue weighted by Crippen LogP contribution is 2.31. The van der Waals surface area contributed by atoms with Crippen LogP contribution in [0.15, 0.2) is 30.5 Å². The van der Waals surface area contributed by atoms with Gasteiger partial charge >= 0.3 is 0 Å². The monoisotopic (exact) mass is 363 g/mol. The number of nitrogens with one attached hydrogen (secondary N) is 1. The van der Waals surface area contributed by atoms with Crippen molar-refractivity contribution in [3.63, 3.8) is 0 Å². The van der Waals surface area contributed by atoms with E-state index >= 15 is 0 Å². The van der Waals surface area contributed by atoms with Crippen molar-refractivity contribution in [2.45, 2.75) is 6.04 Å². The molecule has 1 amide bonds. The average molecular weight is 363 g/mol. The number of benzene rings is 1. The van der Waals surface area contributed by atoms with Crippen LogP contribution in [0.3, 0.4) is 0 Å². The summed E-state index contributed by atoms with van der Waals surface area (Å²) >= 11 is 0. The Hall–Kier alpha value is -2.93. The van der Waals surface area contributed by atoms with Gasteiger partial charge in [0, 0.05) is 11.9 Å². The van der Waals surface area contributed by atoms with E-state index in [1.807, 2.05) is 6.07 Å². The van der Waals surface area contributed by atoms with Crippen LogP contribution in [0.25, 0.3) is 0 Å². The Morgan fingerprint density at radius 1 is 1.36 bits per heavy atom. The molecule has 0 bridgehead atoms. The summed E-state index contributed by atoms with van der Waals surface area (Å²) in [6.45, 7) is 0. The van der Waals surface area contributed by atoms with Crippen LogP contribution in [0.1, 0.15) is 16.4 Å². The first-order valence-corrected chi connectivity index (χ1v) is 9.13. The van der Waals surface area contributed by atoms with Gasteiger partial charge in [0.15, 0.2) is 15.7 Å². The molecule has 130 valence electrons. The van der Waals surface area contributed by atoms with Crippen molar-refractivity contribution in [3.05, 3.63) is 41.8 Å². The van der Waals surface area contributed by atoms with Gasteiger partial charge in [-0.05, 0) is 24.3 Å². The number of nitrogens with two attached hydrogens (primary N) is 1. The highest BCUT2D eigenvalue weighted by Gasteiger charge is 2.40. The molecule has 25 heavy (non-hydrogen) atoms. The molecule has 1 aromatic carbocycles. The molecule has 2 unspecified atom stereocenters. The number of nitrogens with zero attached hydrogens (tertiary/aromatic N) is 3. The summed E-state index contributed by atoms with van der Waals surface area (Å²) in [5.74, 6) is -2.31. The number of aromatic nitrogens is 2. The minimum Gasteiger partial charge on any atom is -0.365 e. The van der Waals surface area contributed by atoms with Gasteiger partial charge in [0.05, 0.1) is 29.5 Å². The molecule has 0 radical (unpaired) electrons. The SMILES string of the molecule is N#CC1CS(=O)(=O)CC1n1cc(C(N)=O)c(Nc2ccc(F)cc2)n1. The number of sulfone groups is 1. The molecule has 0 aliphatic carbocycles. The smallest absolute Gasteiger partial charge is 0.254 e. The van der Waals surface area contributed by atoms with Gasteiger partial charge in [0.2, 0.25) is 0 Å². The Bertz CT molecular complexity index is 962. The molecule has 3 rings (SSSR count). The fourth-order valence-corrected chi connectivity index (χ4v) is 4.60. The molecule has 8 nitrogen and oxygen atoms in total. The minimum atomic E-state index is -3.35. The fraction of sp³-hybridized carbons (Fsp3) is 0.267. The summed E-state index contributed by atoms with van der Waals surface area (Å²) in [5, 5.41) is 16.2. The topological polar surface area (TPSA) is 131 Å². The molecule has 0 saturated carbocycles. The van der Waals surface area contributed by atoms with E-state index in [-0.39, 0.29) is 22.9 Å². The third-order valence-electron chi connectivity index (χ3n) is 3.93. The zero-order valence-corrected chi connectivity index (χ0v) is 13.7. The van der Waals surface area contributed by atoms with E-state index in [1.165, 1.54) is 35.1 Å². The van der Waals surface area contributed by atoms with Crippen LogP contribution in [-0.4, -0.2) is 35.6 Å². The standard InChI is InChI=1S/C15H14FN5O3S/c16-10-1-3-11(4-2-10)19-15-12(14(18)22)6-21(20-15)13-8-25(23,24)7-9(13)5-17/h1-4,6,9,13H,7-8H2,(H2,18,22)(H,19,20). The number of anilines is 2. The van der Waals surface area contributed by atoms with Crippen LogP contribution in [0.5, 0.6) is 0 Å². The second-order valence-electron chi connectivity index (χ2n) is 5.75. The first-order chi connectivity index (χ1) is 11.8. The number of carbonyl (C=O) groups is 1. The maximum absolute atomic E-state index is 13.0. The number of hydrogen-bond donors (Lipinski definition) is 2. The molecule has 2 atom stereocenters. The highest BCUT2D eigenvalue weighted by molar-refractivity contribution is 7.91. The van der Waals surface area contributed by atoms with E-state index in [0.717, 1.165) is 0 Å². The molecule has 1 aliphatic rings. The summed E-state index contributed by atoms with van der Waals surface area (Å²) < 4.78 is 37.9. The average Bonchev–Trinajstić information content (AvgIpc) is 3.10. The Morgan fingerprint density at radius 3 is 2.64 bits per heavy atom. The number of hydrogen-bond acceptors (Lipinski definition) is 6. The molecule has 3 N–H and O–H groups in total. The maximum Gasteiger partial charge on any atom is 0.254 e. The van der Waals surface area contributed by atoms with Gasteiger partial charge in [-0.15, -0.1) is 0 Å². The normalized spacial score (nSPS) is 21.6. The third-order valence-corrected chi connectivity index (χ3v) is 5.65. The van der Waals surface area contributed by atoms with Gasteiger partial charge in [-0.3, -0.25) is 9.48 Å². The van der Waals surface area contributed by atoms with Crippen LogP contribution in [0.4, 0.5) is 15.9 Å². The van der Waals surface area contributed by atoms with Crippen molar-refractivity contribution in [3.8, 4) is 6.07 Å². The van der Waals surface area contributed by atoms with Crippen molar-refractivity contribution in [2.75, 3.05) is 16.8 Å². The Balaban J connectivity index is 1.96. The van der Waals surface area contributed by atoms with Crippen molar-refractivity contribution in [1.29, 1.82) is 5.26 Å². The van der Waals surface area contributed by atoms with E-state index < -0.39 is 33.5 Å². The van der Waals surface area contributed by atoms with Gasteiger partial charge in [-0.1, -0.05) is 0 Å². The van der Waals surface area contributed by atoms with Gasteiger partial charge < -0.3 is 11.1 Å². The lowest BCUT2D eigenvalue weighted by molar-refractivity contribution is 0.100. The van der Waals surface area contributed by atoms with Crippen LogP contribution in [-0.2, 0) is 9.84 Å².